The van der Waals surface area contributed by atoms with E-state index in [1.54, 1.807) is 6.07 Å². The maximum absolute atomic E-state index is 11.9. The molecule has 2 aromatic carbocycles. The van der Waals surface area contributed by atoms with Gasteiger partial charge in [0.2, 0.25) is 5.56 Å². The van der Waals surface area contributed by atoms with E-state index in [2.05, 4.69) is 10.3 Å². The van der Waals surface area contributed by atoms with E-state index in [9.17, 15) is 9.90 Å². The summed E-state index contributed by atoms with van der Waals surface area (Å²) in [6.07, 6.45) is 0. The third-order valence-corrected chi connectivity index (χ3v) is 4.22. The van der Waals surface area contributed by atoms with E-state index in [0.29, 0.717) is 17.9 Å². The Hall–Kier alpha value is -2.63. The summed E-state index contributed by atoms with van der Waals surface area (Å²) in [5.41, 5.74) is 2.45. The highest BCUT2D eigenvalue weighted by Gasteiger charge is 2.17. The Morgan fingerprint density at radius 3 is 2.54 bits per heavy atom. The van der Waals surface area contributed by atoms with Crippen LogP contribution in [0.25, 0.3) is 10.9 Å². The number of hydrogen-bond donors (Lipinski definition) is 3. The van der Waals surface area contributed by atoms with Crippen molar-refractivity contribution in [1.82, 2.24) is 10.3 Å². The Bertz CT molecular complexity index is 919. The Kier molecular flexibility index (Phi) is 5.71. The SMILES string of the molecule is CC(C)NC(CO)c1ccc(OCc2ccccc2)c2[nH]c(=O)ccc12. The summed E-state index contributed by atoms with van der Waals surface area (Å²) in [7, 11) is 0. The van der Waals surface area contributed by atoms with Gasteiger partial charge in [-0.3, -0.25) is 4.79 Å². The number of aromatic amines is 1. The number of aromatic nitrogens is 1. The van der Waals surface area contributed by atoms with Crippen molar-refractivity contribution >= 4 is 10.9 Å². The first kappa shape index (κ1) is 18.2. The molecule has 1 heterocycles. The number of ether oxygens (including phenoxy) is 1. The molecule has 0 spiro atoms. The number of nitrogens with one attached hydrogen (secondary N) is 2. The molecule has 136 valence electrons. The number of aliphatic hydroxyl groups excluding tert-OH is 1. The fourth-order valence-corrected chi connectivity index (χ4v) is 3.05. The lowest BCUT2D eigenvalue weighted by Gasteiger charge is -2.22. The Balaban J connectivity index is 1.99. The van der Waals surface area contributed by atoms with E-state index in [1.807, 2.05) is 56.3 Å². The Morgan fingerprint density at radius 2 is 1.85 bits per heavy atom. The molecule has 0 radical (unpaired) electrons. The molecule has 3 N–H and O–H groups in total. The molecule has 5 nitrogen and oxygen atoms in total. The van der Waals surface area contributed by atoms with Crippen molar-refractivity contribution in [3.8, 4) is 5.75 Å². The molecule has 0 saturated carbocycles. The van der Waals surface area contributed by atoms with Gasteiger partial charge in [0.1, 0.15) is 12.4 Å². The maximum atomic E-state index is 11.9. The normalized spacial score (nSPS) is 12.5. The first-order chi connectivity index (χ1) is 12.6. The van der Waals surface area contributed by atoms with Crippen LogP contribution in [0.3, 0.4) is 0 Å². The summed E-state index contributed by atoms with van der Waals surface area (Å²) < 4.78 is 5.96. The molecule has 0 saturated heterocycles. The zero-order valence-corrected chi connectivity index (χ0v) is 15.0. The quantitative estimate of drug-likeness (QED) is 0.611. The molecule has 1 unspecified atom stereocenters. The Labute approximate surface area is 152 Å². The van der Waals surface area contributed by atoms with Crippen molar-refractivity contribution in [3.05, 3.63) is 76.1 Å². The second-order valence-electron chi connectivity index (χ2n) is 6.59. The standard InChI is InChI=1S/C21H24N2O3/c1-14(2)22-18(12-24)16-8-10-19(21-17(16)9-11-20(25)23-21)26-13-15-6-4-3-5-7-15/h3-11,14,18,22,24H,12-13H2,1-2H3,(H,23,25). The summed E-state index contributed by atoms with van der Waals surface area (Å²) in [6.45, 7) is 4.45. The van der Waals surface area contributed by atoms with Gasteiger partial charge in [-0.1, -0.05) is 50.2 Å². The highest BCUT2D eigenvalue weighted by molar-refractivity contribution is 5.87. The molecule has 0 bridgehead atoms. The molecule has 1 atom stereocenters. The maximum Gasteiger partial charge on any atom is 0.248 e. The highest BCUT2D eigenvalue weighted by Crippen LogP contribution is 2.30. The zero-order chi connectivity index (χ0) is 18.5. The van der Waals surface area contributed by atoms with E-state index in [4.69, 9.17) is 4.74 Å². The van der Waals surface area contributed by atoms with Crippen LogP contribution >= 0.6 is 0 Å². The smallest absolute Gasteiger partial charge is 0.248 e. The summed E-state index contributed by atoms with van der Waals surface area (Å²) in [6, 6.07) is 16.9. The van der Waals surface area contributed by atoms with Gasteiger partial charge in [0.25, 0.3) is 0 Å². The highest BCUT2D eigenvalue weighted by atomic mass is 16.5. The van der Waals surface area contributed by atoms with Crippen molar-refractivity contribution in [2.24, 2.45) is 0 Å². The van der Waals surface area contributed by atoms with Gasteiger partial charge in [-0.25, -0.2) is 0 Å². The van der Waals surface area contributed by atoms with Crippen LogP contribution in [0.4, 0.5) is 0 Å². The van der Waals surface area contributed by atoms with Gasteiger partial charge in [0, 0.05) is 17.5 Å². The minimum Gasteiger partial charge on any atom is -0.487 e. The molecular weight excluding hydrogens is 328 g/mol. The number of H-pyrrole nitrogens is 1. The van der Waals surface area contributed by atoms with Crippen molar-refractivity contribution in [2.45, 2.75) is 32.5 Å². The average Bonchev–Trinajstić information content (AvgIpc) is 2.65. The van der Waals surface area contributed by atoms with Gasteiger partial charge >= 0.3 is 0 Å². The monoisotopic (exact) mass is 352 g/mol. The van der Waals surface area contributed by atoms with Crippen molar-refractivity contribution in [2.75, 3.05) is 6.61 Å². The number of pyridine rings is 1. The number of aliphatic hydroxyl groups is 1. The fraction of sp³-hybridized carbons (Fsp3) is 0.286. The van der Waals surface area contributed by atoms with Crippen molar-refractivity contribution in [3.63, 3.8) is 0 Å². The molecule has 1 aromatic heterocycles. The van der Waals surface area contributed by atoms with Gasteiger partial charge in [0.15, 0.2) is 0 Å². The van der Waals surface area contributed by atoms with Crippen LogP contribution in [0.2, 0.25) is 0 Å². The average molecular weight is 352 g/mol. The van der Waals surface area contributed by atoms with Crippen LogP contribution < -0.4 is 15.6 Å². The lowest BCUT2D eigenvalue weighted by molar-refractivity contribution is 0.238. The molecule has 3 aromatic rings. The lowest BCUT2D eigenvalue weighted by Crippen LogP contribution is -2.30. The third kappa shape index (κ3) is 4.12. The number of benzene rings is 2. The van der Waals surface area contributed by atoms with Crippen molar-refractivity contribution in [1.29, 1.82) is 0 Å². The molecule has 0 fully saturated rings. The van der Waals surface area contributed by atoms with Crippen LogP contribution in [0, 0.1) is 0 Å². The summed E-state index contributed by atoms with van der Waals surface area (Å²) in [5.74, 6) is 0.617. The predicted octanol–water partition coefficient (Wildman–Crippen LogP) is 3.14. The molecule has 0 aliphatic carbocycles. The first-order valence-corrected chi connectivity index (χ1v) is 8.78. The van der Waals surface area contributed by atoms with E-state index >= 15 is 0 Å². The van der Waals surface area contributed by atoms with Crippen LogP contribution in [-0.4, -0.2) is 22.7 Å². The van der Waals surface area contributed by atoms with E-state index in [-0.39, 0.29) is 24.2 Å². The fourth-order valence-electron chi connectivity index (χ4n) is 3.05. The second-order valence-corrected chi connectivity index (χ2v) is 6.59. The van der Waals surface area contributed by atoms with Gasteiger partial charge in [-0.05, 0) is 23.3 Å². The molecule has 0 aliphatic rings. The number of rotatable bonds is 7. The molecule has 26 heavy (non-hydrogen) atoms. The third-order valence-electron chi connectivity index (χ3n) is 4.22. The van der Waals surface area contributed by atoms with E-state index in [1.165, 1.54) is 6.07 Å². The van der Waals surface area contributed by atoms with Gasteiger partial charge in [0.05, 0.1) is 18.2 Å². The number of fused-ring (bicyclic) bond motifs is 1. The minimum absolute atomic E-state index is 0.0311. The van der Waals surface area contributed by atoms with E-state index < -0.39 is 0 Å². The van der Waals surface area contributed by atoms with Crippen molar-refractivity contribution < 1.29 is 9.84 Å². The summed E-state index contributed by atoms with van der Waals surface area (Å²) in [5, 5.41) is 14.0. The zero-order valence-electron chi connectivity index (χ0n) is 15.0. The van der Waals surface area contributed by atoms with Crippen LogP contribution in [-0.2, 0) is 6.61 Å². The summed E-state index contributed by atoms with van der Waals surface area (Å²) in [4.78, 5) is 14.7. The largest absolute Gasteiger partial charge is 0.487 e. The predicted molar refractivity (Wildman–Crippen MR) is 103 cm³/mol. The molecule has 0 amide bonds. The lowest BCUT2D eigenvalue weighted by atomic mass is 10.0. The minimum atomic E-state index is -0.216. The second kappa shape index (κ2) is 8.17. The summed E-state index contributed by atoms with van der Waals surface area (Å²) >= 11 is 0. The van der Waals surface area contributed by atoms with Gasteiger partial charge < -0.3 is 20.1 Å². The van der Waals surface area contributed by atoms with E-state index in [0.717, 1.165) is 16.5 Å². The van der Waals surface area contributed by atoms with Gasteiger partial charge in [-0.2, -0.15) is 0 Å². The molecule has 3 rings (SSSR count). The van der Waals surface area contributed by atoms with Crippen LogP contribution in [0.15, 0.2) is 59.4 Å². The molecule has 0 aliphatic heterocycles. The first-order valence-electron chi connectivity index (χ1n) is 8.78. The topological polar surface area (TPSA) is 74.3 Å². The molecular formula is C21H24N2O3. The van der Waals surface area contributed by atoms with Crippen LogP contribution in [0.5, 0.6) is 5.75 Å². The number of hydrogen-bond acceptors (Lipinski definition) is 4. The molecule has 5 heteroatoms. The Morgan fingerprint density at radius 1 is 1.08 bits per heavy atom. The van der Waals surface area contributed by atoms with Gasteiger partial charge in [-0.15, -0.1) is 0 Å². The van der Waals surface area contributed by atoms with Crippen LogP contribution in [0.1, 0.15) is 31.0 Å².